The fourth-order valence-corrected chi connectivity index (χ4v) is 1.39. The molecule has 0 radical (unpaired) electrons. The molecule has 2 aromatic rings. The zero-order chi connectivity index (χ0) is 13.0. The lowest BCUT2D eigenvalue weighted by atomic mass is 10.2. The molecule has 0 fully saturated rings. The van der Waals surface area contributed by atoms with E-state index in [2.05, 4.69) is 15.0 Å². The molecule has 0 saturated carbocycles. The highest BCUT2D eigenvalue weighted by molar-refractivity contribution is 5.56. The molecule has 0 bridgehead atoms. The Labute approximate surface area is 105 Å². The van der Waals surface area contributed by atoms with E-state index < -0.39 is 0 Å². The van der Waals surface area contributed by atoms with Gasteiger partial charge in [0.05, 0.1) is 21.3 Å². The van der Waals surface area contributed by atoms with Crippen LogP contribution in [0.3, 0.4) is 0 Å². The molecule has 1 aromatic carbocycles. The molecule has 1 aromatic heterocycles. The van der Waals surface area contributed by atoms with E-state index in [-0.39, 0.29) is 12.0 Å². The van der Waals surface area contributed by atoms with Crippen molar-refractivity contribution in [3.05, 3.63) is 24.3 Å². The van der Waals surface area contributed by atoms with Crippen LogP contribution in [-0.4, -0.2) is 36.3 Å². The van der Waals surface area contributed by atoms with Gasteiger partial charge in [-0.2, -0.15) is 9.97 Å². The number of hydrogen-bond donors (Lipinski definition) is 0. The SMILES string of the molecule is COc1ccc(-c2nc(OC)nc(OC)n2)cc1. The monoisotopic (exact) mass is 247 g/mol. The Morgan fingerprint density at radius 3 is 1.72 bits per heavy atom. The van der Waals surface area contributed by atoms with Crippen LogP contribution in [0.4, 0.5) is 0 Å². The van der Waals surface area contributed by atoms with Crippen LogP contribution in [0.1, 0.15) is 0 Å². The number of ether oxygens (including phenoxy) is 3. The van der Waals surface area contributed by atoms with Gasteiger partial charge in [-0.3, -0.25) is 0 Å². The van der Waals surface area contributed by atoms with E-state index in [4.69, 9.17) is 14.2 Å². The van der Waals surface area contributed by atoms with Gasteiger partial charge in [-0.1, -0.05) is 0 Å². The third kappa shape index (κ3) is 2.48. The van der Waals surface area contributed by atoms with E-state index in [1.165, 1.54) is 14.2 Å². The van der Waals surface area contributed by atoms with Crippen LogP contribution in [0.25, 0.3) is 11.4 Å². The molecule has 1 heterocycles. The summed E-state index contributed by atoms with van der Waals surface area (Å²) in [5.41, 5.74) is 0.829. The van der Waals surface area contributed by atoms with Gasteiger partial charge in [0.2, 0.25) is 0 Å². The maximum atomic E-state index is 5.09. The first-order valence-corrected chi connectivity index (χ1v) is 5.25. The molecule has 0 saturated heterocycles. The van der Waals surface area contributed by atoms with Gasteiger partial charge in [0.25, 0.3) is 0 Å². The van der Waals surface area contributed by atoms with Crippen molar-refractivity contribution in [3.63, 3.8) is 0 Å². The van der Waals surface area contributed by atoms with Gasteiger partial charge in [0, 0.05) is 5.56 Å². The predicted molar refractivity (Wildman–Crippen MR) is 64.9 cm³/mol. The second kappa shape index (κ2) is 5.31. The molecule has 0 spiro atoms. The fraction of sp³-hybridized carbons (Fsp3) is 0.250. The number of benzene rings is 1. The first-order valence-electron chi connectivity index (χ1n) is 5.25. The molecule has 0 unspecified atom stereocenters. The fourth-order valence-electron chi connectivity index (χ4n) is 1.39. The summed E-state index contributed by atoms with van der Waals surface area (Å²) >= 11 is 0. The summed E-state index contributed by atoms with van der Waals surface area (Å²) in [5, 5.41) is 0. The first kappa shape index (κ1) is 12.1. The van der Waals surface area contributed by atoms with Crippen molar-refractivity contribution in [2.75, 3.05) is 21.3 Å². The van der Waals surface area contributed by atoms with E-state index in [1.807, 2.05) is 24.3 Å². The van der Waals surface area contributed by atoms with Crippen molar-refractivity contribution < 1.29 is 14.2 Å². The molecule has 6 heteroatoms. The van der Waals surface area contributed by atoms with Gasteiger partial charge in [-0.25, -0.2) is 0 Å². The average Bonchev–Trinajstić information content (AvgIpc) is 2.46. The normalized spacial score (nSPS) is 9.94. The van der Waals surface area contributed by atoms with Crippen LogP contribution in [0, 0.1) is 0 Å². The molecule has 2 rings (SSSR count). The highest BCUT2D eigenvalue weighted by atomic mass is 16.5. The zero-order valence-corrected chi connectivity index (χ0v) is 10.4. The zero-order valence-electron chi connectivity index (χ0n) is 10.4. The maximum Gasteiger partial charge on any atom is 0.322 e. The summed E-state index contributed by atoms with van der Waals surface area (Å²) in [7, 11) is 4.60. The van der Waals surface area contributed by atoms with Crippen LogP contribution in [0.15, 0.2) is 24.3 Å². The Kier molecular flexibility index (Phi) is 3.57. The molecule has 6 nitrogen and oxygen atoms in total. The minimum atomic E-state index is 0.215. The number of aromatic nitrogens is 3. The minimum Gasteiger partial charge on any atom is -0.497 e. The third-order valence-electron chi connectivity index (χ3n) is 2.31. The van der Waals surface area contributed by atoms with E-state index in [9.17, 15) is 0 Å². The second-order valence-electron chi connectivity index (χ2n) is 3.36. The average molecular weight is 247 g/mol. The Bertz CT molecular complexity index is 506. The predicted octanol–water partition coefficient (Wildman–Crippen LogP) is 1.56. The van der Waals surface area contributed by atoms with Crippen molar-refractivity contribution in [1.82, 2.24) is 15.0 Å². The molecule has 18 heavy (non-hydrogen) atoms. The van der Waals surface area contributed by atoms with Crippen LogP contribution >= 0.6 is 0 Å². The van der Waals surface area contributed by atoms with Crippen LogP contribution in [0.2, 0.25) is 0 Å². The third-order valence-corrected chi connectivity index (χ3v) is 2.31. The summed E-state index contributed by atoms with van der Waals surface area (Å²) in [6.45, 7) is 0. The lowest BCUT2D eigenvalue weighted by Crippen LogP contribution is -2.00. The summed E-state index contributed by atoms with van der Waals surface area (Å²) in [4.78, 5) is 12.3. The van der Waals surface area contributed by atoms with Crippen molar-refractivity contribution in [2.24, 2.45) is 0 Å². The molecule has 0 aliphatic heterocycles. The molecule has 0 amide bonds. The highest BCUT2D eigenvalue weighted by Crippen LogP contribution is 2.21. The van der Waals surface area contributed by atoms with E-state index >= 15 is 0 Å². The molecule has 94 valence electrons. The molecule has 0 aliphatic carbocycles. The van der Waals surface area contributed by atoms with Crippen molar-refractivity contribution in [1.29, 1.82) is 0 Å². The second-order valence-corrected chi connectivity index (χ2v) is 3.36. The lowest BCUT2D eigenvalue weighted by Gasteiger charge is -2.05. The summed E-state index contributed by atoms with van der Waals surface area (Å²) in [6.07, 6.45) is 0. The number of methoxy groups -OCH3 is 3. The molecule has 0 aliphatic rings. The lowest BCUT2D eigenvalue weighted by molar-refractivity contribution is 0.341. The Hall–Kier alpha value is -2.37. The first-order chi connectivity index (χ1) is 8.76. The quantitative estimate of drug-likeness (QED) is 0.816. The largest absolute Gasteiger partial charge is 0.497 e. The van der Waals surface area contributed by atoms with Crippen LogP contribution in [0.5, 0.6) is 17.8 Å². The van der Waals surface area contributed by atoms with E-state index in [0.29, 0.717) is 5.82 Å². The van der Waals surface area contributed by atoms with Crippen molar-refractivity contribution >= 4 is 0 Å². The Morgan fingerprint density at radius 1 is 0.722 bits per heavy atom. The molecular formula is C12H13N3O3. The van der Waals surface area contributed by atoms with Gasteiger partial charge in [-0.15, -0.1) is 4.98 Å². The van der Waals surface area contributed by atoms with Crippen molar-refractivity contribution in [3.8, 4) is 29.2 Å². The smallest absolute Gasteiger partial charge is 0.322 e. The maximum absolute atomic E-state index is 5.09. The minimum absolute atomic E-state index is 0.215. The Morgan fingerprint density at radius 2 is 1.28 bits per heavy atom. The van der Waals surface area contributed by atoms with Gasteiger partial charge in [0.15, 0.2) is 5.82 Å². The summed E-state index contributed by atoms with van der Waals surface area (Å²) < 4.78 is 15.1. The molecular weight excluding hydrogens is 234 g/mol. The number of hydrogen-bond acceptors (Lipinski definition) is 6. The highest BCUT2D eigenvalue weighted by Gasteiger charge is 2.09. The summed E-state index contributed by atoms with van der Waals surface area (Å²) in [6, 6.07) is 7.80. The topological polar surface area (TPSA) is 66.4 Å². The van der Waals surface area contributed by atoms with Gasteiger partial charge >= 0.3 is 12.0 Å². The van der Waals surface area contributed by atoms with Gasteiger partial charge < -0.3 is 14.2 Å². The van der Waals surface area contributed by atoms with Crippen LogP contribution < -0.4 is 14.2 Å². The standard InChI is InChI=1S/C12H13N3O3/c1-16-9-6-4-8(5-7-9)10-13-11(17-2)15-12(14-10)18-3/h4-7H,1-3H3. The van der Waals surface area contributed by atoms with E-state index in [0.717, 1.165) is 11.3 Å². The van der Waals surface area contributed by atoms with Crippen LogP contribution in [-0.2, 0) is 0 Å². The molecule has 0 N–H and O–H groups in total. The molecule has 0 atom stereocenters. The number of rotatable bonds is 4. The summed E-state index contributed by atoms with van der Waals surface area (Å²) in [5.74, 6) is 1.26. The van der Waals surface area contributed by atoms with Crippen molar-refractivity contribution in [2.45, 2.75) is 0 Å². The Balaban J connectivity index is 2.41. The van der Waals surface area contributed by atoms with E-state index in [1.54, 1.807) is 7.11 Å². The van der Waals surface area contributed by atoms with Gasteiger partial charge in [-0.05, 0) is 24.3 Å². The van der Waals surface area contributed by atoms with Gasteiger partial charge in [0.1, 0.15) is 5.75 Å². The number of nitrogens with zero attached hydrogens (tertiary/aromatic N) is 3.